The van der Waals surface area contributed by atoms with Crippen molar-refractivity contribution in [3.05, 3.63) is 45.3 Å². The molecule has 0 unspecified atom stereocenters. The van der Waals surface area contributed by atoms with Crippen LogP contribution in [0.4, 0.5) is 0 Å². The number of hydrogen-bond acceptors (Lipinski definition) is 4. The van der Waals surface area contributed by atoms with Crippen LogP contribution in [0, 0.1) is 25.7 Å². The van der Waals surface area contributed by atoms with Crippen LogP contribution in [0.2, 0.25) is 0 Å². The van der Waals surface area contributed by atoms with Gasteiger partial charge in [0.05, 0.1) is 5.92 Å². The summed E-state index contributed by atoms with van der Waals surface area (Å²) in [4.78, 5) is 23.5. The maximum Gasteiger partial charge on any atom is 0.336 e. The number of rotatable bonds is 3. The van der Waals surface area contributed by atoms with E-state index in [1.54, 1.807) is 0 Å². The molecule has 1 saturated carbocycles. The van der Waals surface area contributed by atoms with Crippen molar-refractivity contribution in [2.24, 2.45) is 11.8 Å². The summed E-state index contributed by atoms with van der Waals surface area (Å²) in [5.41, 5.74) is 2.86. The van der Waals surface area contributed by atoms with E-state index in [1.807, 2.05) is 32.9 Å². The highest BCUT2D eigenvalue weighted by molar-refractivity contribution is 5.84. The second kappa shape index (κ2) is 5.02. The minimum atomic E-state index is -0.415. The molecule has 4 heteroatoms. The summed E-state index contributed by atoms with van der Waals surface area (Å²) in [6, 6.07) is 5.29. The number of esters is 1. The van der Waals surface area contributed by atoms with E-state index in [2.05, 4.69) is 0 Å². The minimum absolute atomic E-state index is 0.0281. The van der Waals surface area contributed by atoms with E-state index < -0.39 is 5.63 Å². The number of carbonyl (C=O) groups excluding carboxylic acids is 1. The molecule has 0 spiro atoms. The standard InChI is InChI=1S/C17H18O4/c1-9-4-5-13-12(7-15(18)21-16(13)11(9)3)8-20-17(19)14-6-10(14)2/h4-5,7,10,14H,6,8H2,1-3H3/t10-,14+/m1/s1. The Hall–Kier alpha value is -2.10. The molecule has 0 N–H and O–H groups in total. The second-order valence-electron chi connectivity index (χ2n) is 5.90. The van der Waals surface area contributed by atoms with Crippen LogP contribution >= 0.6 is 0 Å². The predicted octanol–water partition coefficient (Wildman–Crippen LogP) is 3.11. The van der Waals surface area contributed by atoms with Crippen LogP contribution in [-0.4, -0.2) is 5.97 Å². The summed E-state index contributed by atoms with van der Waals surface area (Å²) in [5.74, 6) is 0.271. The normalized spacial score (nSPS) is 20.5. The van der Waals surface area contributed by atoms with Crippen molar-refractivity contribution in [1.82, 2.24) is 0 Å². The lowest BCUT2D eigenvalue weighted by atomic mass is 10.0. The van der Waals surface area contributed by atoms with Crippen molar-refractivity contribution < 1.29 is 13.9 Å². The molecule has 1 aromatic carbocycles. The van der Waals surface area contributed by atoms with Crippen LogP contribution in [-0.2, 0) is 16.1 Å². The van der Waals surface area contributed by atoms with Crippen LogP contribution in [0.3, 0.4) is 0 Å². The van der Waals surface area contributed by atoms with Crippen molar-refractivity contribution in [2.45, 2.75) is 33.8 Å². The third-order valence-electron chi connectivity index (χ3n) is 4.30. The van der Waals surface area contributed by atoms with Gasteiger partial charge in [0, 0.05) is 17.0 Å². The SMILES string of the molecule is Cc1ccc2c(COC(=O)[C@H]3C[C@H]3C)cc(=O)oc2c1C. The molecule has 1 fully saturated rings. The van der Waals surface area contributed by atoms with E-state index >= 15 is 0 Å². The fourth-order valence-corrected chi connectivity index (χ4v) is 2.55. The van der Waals surface area contributed by atoms with Gasteiger partial charge in [-0.3, -0.25) is 4.79 Å². The average molecular weight is 286 g/mol. The lowest BCUT2D eigenvalue weighted by Gasteiger charge is -2.09. The molecule has 3 rings (SSSR count). The number of benzene rings is 1. The monoisotopic (exact) mass is 286 g/mol. The summed E-state index contributed by atoms with van der Waals surface area (Å²) < 4.78 is 10.6. The molecular formula is C17H18O4. The van der Waals surface area contributed by atoms with Gasteiger partial charge in [-0.1, -0.05) is 19.1 Å². The van der Waals surface area contributed by atoms with Gasteiger partial charge in [0.25, 0.3) is 0 Å². The summed E-state index contributed by atoms with van der Waals surface area (Å²) in [7, 11) is 0. The van der Waals surface area contributed by atoms with Gasteiger partial charge in [-0.2, -0.15) is 0 Å². The lowest BCUT2D eigenvalue weighted by Crippen LogP contribution is -2.10. The smallest absolute Gasteiger partial charge is 0.336 e. The number of carbonyl (C=O) groups is 1. The Kier molecular flexibility index (Phi) is 3.32. The van der Waals surface area contributed by atoms with Gasteiger partial charge in [-0.25, -0.2) is 4.79 Å². The van der Waals surface area contributed by atoms with E-state index in [1.165, 1.54) is 6.07 Å². The summed E-state index contributed by atoms with van der Waals surface area (Å²) in [6.45, 7) is 6.04. The number of hydrogen-bond donors (Lipinski definition) is 0. The highest BCUT2D eigenvalue weighted by Crippen LogP contribution is 2.38. The second-order valence-corrected chi connectivity index (χ2v) is 5.90. The molecule has 1 aliphatic carbocycles. The maximum atomic E-state index is 11.8. The first-order chi connectivity index (χ1) is 9.97. The quantitative estimate of drug-likeness (QED) is 0.642. The Balaban J connectivity index is 1.93. The molecule has 0 aliphatic heterocycles. The molecule has 0 radical (unpaired) electrons. The fourth-order valence-electron chi connectivity index (χ4n) is 2.55. The summed E-state index contributed by atoms with van der Waals surface area (Å²) >= 11 is 0. The van der Waals surface area contributed by atoms with Crippen molar-refractivity contribution in [1.29, 1.82) is 0 Å². The van der Waals surface area contributed by atoms with Crippen LogP contribution in [0.25, 0.3) is 11.0 Å². The van der Waals surface area contributed by atoms with Crippen molar-refractivity contribution in [3.63, 3.8) is 0 Å². The highest BCUT2D eigenvalue weighted by atomic mass is 16.5. The van der Waals surface area contributed by atoms with Crippen LogP contribution in [0.5, 0.6) is 0 Å². The van der Waals surface area contributed by atoms with Gasteiger partial charge < -0.3 is 9.15 Å². The lowest BCUT2D eigenvalue weighted by molar-refractivity contribution is -0.146. The predicted molar refractivity (Wildman–Crippen MR) is 79.0 cm³/mol. The molecule has 1 aromatic heterocycles. The van der Waals surface area contributed by atoms with Crippen molar-refractivity contribution in [2.75, 3.05) is 0 Å². The topological polar surface area (TPSA) is 56.5 Å². The largest absolute Gasteiger partial charge is 0.461 e. The molecule has 0 saturated heterocycles. The molecule has 2 atom stereocenters. The zero-order valence-electron chi connectivity index (χ0n) is 12.4. The van der Waals surface area contributed by atoms with Gasteiger partial charge >= 0.3 is 11.6 Å². The van der Waals surface area contributed by atoms with Gasteiger partial charge in [-0.05, 0) is 37.3 Å². The highest BCUT2D eigenvalue weighted by Gasteiger charge is 2.40. The van der Waals surface area contributed by atoms with Crippen LogP contribution in [0.15, 0.2) is 27.4 Å². The van der Waals surface area contributed by atoms with E-state index in [-0.39, 0.29) is 18.5 Å². The van der Waals surface area contributed by atoms with E-state index in [4.69, 9.17) is 9.15 Å². The minimum Gasteiger partial charge on any atom is -0.461 e. The third kappa shape index (κ3) is 2.58. The molecule has 1 heterocycles. The van der Waals surface area contributed by atoms with E-state index in [0.717, 1.165) is 22.9 Å². The van der Waals surface area contributed by atoms with Gasteiger partial charge in [0.1, 0.15) is 12.2 Å². The Bertz CT molecular complexity index is 772. The molecule has 2 aromatic rings. The summed E-state index contributed by atoms with van der Waals surface area (Å²) in [6.07, 6.45) is 0.898. The zero-order valence-corrected chi connectivity index (χ0v) is 12.4. The van der Waals surface area contributed by atoms with Crippen molar-refractivity contribution >= 4 is 16.9 Å². The van der Waals surface area contributed by atoms with E-state index in [0.29, 0.717) is 17.1 Å². The van der Waals surface area contributed by atoms with Gasteiger partial charge in [0.2, 0.25) is 0 Å². The maximum absolute atomic E-state index is 11.8. The number of aryl methyl sites for hydroxylation is 2. The molecular weight excluding hydrogens is 268 g/mol. The zero-order chi connectivity index (χ0) is 15.1. The van der Waals surface area contributed by atoms with Crippen molar-refractivity contribution in [3.8, 4) is 0 Å². The molecule has 0 bridgehead atoms. The molecule has 4 nitrogen and oxygen atoms in total. The number of fused-ring (bicyclic) bond motifs is 1. The molecule has 110 valence electrons. The van der Waals surface area contributed by atoms with Crippen LogP contribution < -0.4 is 5.63 Å². The average Bonchev–Trinajstić information content (AvgIpc) is 3.17. The van der Waals surface area contributed by atoms with Gasteiger partial charge in [-0.15, -0.1) is 0 Å². The first kappa shape index (κ1) is 13.9. The van der Waals surface area contributed by atoms with Crippen LogP contribution in [0.1, 0.15) is 30.0 Å². The molecule has 0 amide bonds. The Labute approximate surface area is 122 Å². The summed E-state index contributed by atoms with van der Waals surface area (Å²) in [5, 5.41) is 0.828. The number of ether oxygens (including phenoxy) is 1. The van der Waals surface area contributed by atoms with E-state index in [9.17, 15) is 9.59 Å². The Morgan fingerprint density at radius 2 is 2.10 bits per heavy atom. The first-order valence-electron chi connectivity index (χ1n) is 7.17. The Morgan fingerprint density at radius 3 is 2.76 bits per heavy atom. The molecule has 1 aliphatic rings. The third-order valence-corrected chi connectivity index (χ3v) is 4.30. The fraction of sp³-hybridized carbons (Fsp3) is 0.412. The first-order valence-corrected chi connectivity index (χ1v) is 7.17. The molecule has 21 heavy (non-hydrogen) atoms. The Morgan fingerprint density at radius 1 is 1.38 bits per heavy atom. The van der Waals surface area contributed by atoms with Gasteiger partial charge in [0.15, 0.2) is 0 Å².